The second-order valence-electron chi connectivity index (χ2n) is 5.05. The maximum absolute atomic E-state index is 11.8. The maximum atomic E-state index is 11.8. The van der Waals surface area contributed by atoms with Gasteiger partial charge in [-0.15, -0.1) is 0 Å². The largest absolute Gasteiger partial charge is 0.449 e. The summed E-state index contributed by atoms with van der Waals surface area (Å²) in [5, 5.41) is 6.72. The molecule has 1 N–H and O–H groups in total. The number of nitrogens with zero attached hydrogens (tertiary/aromatic N) is 2. The highest BCUT2D eigenvalue weighted by atomic mass is 32.1. The molecule has 3 heterocycles. The number of alkyl carbamates (subject to hydrolysis) is 1. The molecule has 3 rings (SSSR count). The van der Waals surface area contributed by atoms with Crippen molar-refractivity contribution >= 4 is 17.4 Å². The molecule has 116 valence electrons. The van der Waals surface area contributed by atoms with Crippen molar-refractivity contribution in [2.75, 3.05) is 19.8 Å². The minimum atomic E-state index is -0.436. The molecule has 0 bridgehead atoms. The van der Waals surface area contributed by atoms with Crippen LogP contribution in [0.25, 0.3) is 11.3 Å². The molecule has 0 spiro atoms. The first-order chi connectivity index (χ1) is 10.8. The Bertz CT molecular complexity index is 612. The van der Waals surface area contributed by atoms with Crippen LogP contribution in [0.2, 0.25) is 0 Å². The van der Waals surface area contributed by atoms with E-state index >= 15 is 0 Å². The third kappa shape index (κ3) is 3.80. The quantitative estimate of drug-likeness (QED) is 0.916. The van der Waals surface area contributed by atoms with Gasteiger partial charge in [0.05, 0.1) is 31.1 Å². The van der Waals surface area contributed by atoms with Gasteiger partial charge in [-0.25, -0.2) is 4.79 Å². The summed E-state index contributed by atoms with van der Waals surface area (Å²) in [5.74, 6) is 0.309. The Balaban J connectivity index is 1.54. The van der Waals surface area contributed by atoms with Crippen molar-refractivity contribution < 1.29 is 14.3 Å². The molecule has 6 nitrogen and oxygen atoms in total. The van der Waals surface area contributed by atoms with E-state index < -0.39 is 6.09 Å². The molecule has 1 unspecified atom stereocenters. The zero-order chi connectivity index (χ0) is 15.2. The Morgan fingerprint density at radius 1 is 1.45 bits per heavy atom. The van der Waals surface area contributed by atoms with Crippen LogP contribution in [0.4, 0.5) is 4.79 Å². The average Bonchev–Trinajstić information content (AvgIpc) is 3.24. The van der Waals surface area contributed by atoms with Gasteiger partial charge in [-0.1, -0.05) is 0 Å². The third-order valence-corrected chi connectivity index (χ3v) is 4.13. The number of nitrogens with one attached hydrogen (secondary N) is 1. The normalized spacial score (nSPS) is 17.4. The van der Waals surface area contributed by atoms with E-state index in [9.17, 15) is 4.79 Å². The number of amides is 1. The van der Waals surface area contributed by atoms with Gasteiger partial charge in [0.1, 0.15) is 0 Å². The fraction of sp³-hybridized carbons (Fsp3) is 0.400. The molecule has 2 aromatic rings. The lowest BCUT2D eigenvalue weighted by Gasteiger charge is -2.11. The predicted molar refractivity (Wildman–Crippen MR) is 82.5 cm³/mol. The van der Waals surface area contributed by atoms with Crippen molar-refractivity contribution in [1.82, 2.24) is 15.3 Å². The van der Waals surface area contributed by atoms with Gasteiger partial charge in [-0.05, 0) is 17.9 Å². The average molecular weight is 319 g/mol. The molecule has 1 aliphatic rings. The van der Waals surface area contributed by atoms with Crippen molar-refractivity contribution in [1.29, 1.82) is 0 Å². The Morgan fingerprint density at radius 2 is 2.36 bits per heavy atom. The smallest absolute Gasteiger partial charge is 0.407 e. The highest BCUT2D eigenvalue weighted by molar-refractivity contribution is 7.08. The predicted octanol–water partition coefficient (Wildman–Crippen LogP) is 2.47. The van der Waals surface area contributed by atoms with E-state index in [1.807, 2.05) is 16.8 Å². The molecule has 22 heavy (non-hydrogen) atoms. The summed E-state index contributed by atoms with van der Waals surface area (Å²) in [5.41, 5.74) is 2.52. The van der Waals surface area contributed by atoms with E-state index in [2.05, 4.69) is 15.3 Å². The Morgan fingerprint density at radius 3 is 3.14 bits per heavy atom. The lowest BCUT2D eigenvalue weighted by molar-refractivity contribution is 0.116. The monoisotopic (exact) mass is 319 g/mol. The van der Waals surface area contributed by atoms with Crippen LogP contribution in [0.3, 0.4) is 0 Å². The van der Waals surface area contributed by atoms with Crippen molar-refractivity contribution in [3.63, 3.8) is 0 Å². The summed E-state index contributed by atoms with van der Waals surface area (Å²) in [4.78, 5) is 20.4. The number of ether oxygens (including phenoxy) is 2. The fourth-order valence-electron chi connectivity index (χ4n) is 2.25. The number of hydrogen-bond acceptors (Lipinski definition) is 6. The number of carbonyl (C=O) groups is 1. The molecule has 0 saturated carbocycles. The maximum Gasteiger partial charge on any atom is 0.407 e. The van der Waals surface area contributed by atoms with E-state index in [-0.39, 0.29) is 0 Å². The zero-order valence-corrected chi connectivity index (χ0v) is 12.8. The van der Waals surface area contributed by atoms with Gasteiger partial charge < -0.3 is 14.8 Å². The van der Waals surface area contributed by atoms with E-state index in [1.54, 1.807) is 23.7 Å². The molecule has 7 heteroatoms. The van der Waals surface area contributed by atoms with Crippen LogP contribution in [0.1, 0.15) is 12.1 Å². The van der Waals surface area contributed by atoms with Crippen LogP contribution in [0.15, 0.2) is 29.2 Å². The summed E-state index contributed by atoms with van der Waals surface area (Å²) in [6.45, 7) is 2.10. The molecule has 2 aromatic heterocycles. The summed E-state index contributed by atoms with van der Waals surface area (Å²) in [6, 6.07) is 1.98. The van der Waals surface area contributed by atoms with Crippen molar-refractivity contribution in [3.05, 3.63) is 34.9 Å². The van der Waals surface area contributed by atoms with Crippen LogP contribution < -0.4 is 5.32 Å². The molecular formula is C15H17N3O3S. The molecule has 0 aromatic carbocycles. The number of hydrogen-bond donors (Lipinski definition) is 1. The van der Waals surface area contributed by atoms with E-state index in [0.29, 0.717) is 25.7 Å². The summed E-state index contributed by atoms with van der Waals surface area (Å²) in [6.07, 6.45) is 3.77. The molecule has 1 amide bonds. The number of carbonyl (C=O) groups excluding carboxylic acids is 1. The number of aromatic nitrogens is 2. The minimum absolute atomic E-state index is 0.291. The first-order valence-corrected chi connectivity index (χ1v) is 8.08. The fourth-order valence-corrected chi connectivity index (χ4v) is 2.89. The Hall–Kier alpha value is -1.99. The van der Waals surface area contributed by atoms with Crippen molar-refractivity contribution in [2.24, 2.45) is 5.92 Å². The summed E-state index contributed by atoms with van der Waals surface area (Å²) in [7, 11) is 0. The molecule has 1 saturated heterocycles. The number of rotatable bonds is 5. The summed E-state index contributed by atoms with van der Waals surface area (Å²) >= 11 is 1.60. The van der Waals surface area contributed by atoms with Crippen LogP contribution in [-0.2, 0) is 16.0 Å². The minimum Gasteiger partial charge on any atom is -0.449 e. The van der Waals surface area contributed by atoms with Gasteiger partial charge in [-0.2, -0.15) is 11.3 Å². The lowest BCUT2D eigenvalue weighted by atomic mass is 10.1. The topological polar surface area (TPSA) is 73.3 Å². The molecule has 1 aliphatic heterocycles. The van der Waals surface area contributed by atoms with Crippen molar-refractivity contribution in [2.45, 2.75) is 13.0 Å². The highest BCUT2D eigenvalue weighted by Crippen LogP contribution is 2.22. The van der Waals surface area contributed by atoms with Gasteiger partial charge in [-0.3, -0.25) is 9.97 Å². The molecule has 1 fully saturated rings. The van der Waals surface area contributed by atoms with Gasteiger partial charge in [0.2, 0.25) is 0 Å². The molecule has 0 radical (unpaired) electrons. The standard InChI is InChI=1S/C15H17N3O3S/c19-15(21-9-11-1-5-20-8-11)18-7-13-14(17-4-3-16-13)12-2-6-22-10-12/h2-4,6,10-11H,1,5,7-9H2,(H,18,19). The van der Waals surface area contributed by atoms with E-state index in [1.165, 1.54) is 0 Å². The molecule has 1 atom stereocenters. The Kier molecular flexibility index (Phi) is 4.97. The van der Waals surface area contributed by atoms with Crippen LogP contribution in [0, 0.1) is 5.92 Å². The second-order valence-corrected chi connectivity index (χ2v) is 5.83. The number of thiophene rings is 1. The van der Waals surface area contributed by atoms with Crippen LogP contribution in [0.5, 0.6) is 0 Å². The van der Waals surface area contributed by atoms with Gasteiger partial charge >= 0.3 is 6.09 Å². The first kappa shape index (κ1) is 14.9. The third-order valence-electron chi connectivity index (χ3n) is 3.44. The second kappa shape index (κ2) is 7.33. The first-order valence-electron chi connectivity index (χ1n) is 7.14. The Labute approximate surface area is 132 Å². The molecule has 0 aliphatic carbocycles. The van der Waals surface area contributed by atoms with Crippen LogP contribution in [-0.4, -0.2) is 35.9 Å². The zero-order valence-electron chi connectivity index (χ0n) is 12.0. The van der Waals surface area contributed by atoms with Gasteiger partial charge in [0.15, 0.2) is 0 Å². The SMILES string of the molecule is O=C(NCc1nccnc1-c1ccsc1)OCC1CCOC1. The summed E-state index contributed by atoms with van der Waals surface area (Å²) < 4.78 is 10.4. The van der Waals surface area contributed by atoms with Gasteiger partial charge in [0, 0.05) is 35.9 Å². The van der Waals surface area contributed by atoms with Crippen molar-refractivity contribution in [3.8, 4) is 11.3 Å². The lowest BCUT2D eigenvalue weighted by Crippen LogP contribution is -2.27. The highest BCUT2D eigenvalue weighted by Gasteiger charge is 2.17. The van der Waals surface area contributed by atoms with Crippen LogP contribution >= 0.6 is 11.3 Å². The molecular weight excluding hydrogens is 302 g/mol. The van der Waals surface area contributed by atoms with Gasteiger partial charge in [0.25, 0.3) is 0 Å². The van der Waals surface area contributed by atoms with E-state index in [4.69, 9.17) is 9.47 Å². The van der Waals surface area contributed by atoms with E-state index in [0.717, 1.165) is 30.0 Å².